The van der Waals surface area contributed by atoms with Crippen molar-refractivity contribution in [2.45, 2.75) is 27.2 Å². The van der Waals surface area contributed by atoms with E-state index in [1.54, 1.807) is 11.1 Å². The first-order valence-electron chi connectivity index (χ1n) is 6.50. The maximum Gasteiger partial charge on any atom is 0.257 e. The Hall–Kier alpha value is -2.09. The summed E-state index contributed by atoms with van der Waals surface area (Å²) in [6, 6.07) is 3.93. The van der Waals surface area contributed by atoms with Gasteiger partial charge in [-0.3, -0.25) is 9.78 Å². The molecular weight excluding hydrogens is 240 g/mol. The molecule has 1 aromatic heterocycles. The lowest BCUT2D eigenvalue weighted by Crippen LogP contribution is -2.32. The van der Waals surface area contributed by atoms with Gasteiger partial charge in [-0.25, -0.2) is 0 Å². The van der Waals surface area contributed by atoms with Crippen molar-refractivity contribution in [2.24, 2.45) is 0 Å². The summed E-state index contributed by atoms with van der Waals surface area (Å²) >= 11 is 0. The third-order valence-corrected chi connectivity index (χ3v) is 2.80. The first-order chi connectivity index (χ1) is 9.13. The molecule has 0 saturated carbocycles. The average Bonchev–Trinajstić information content (AvgIpc) is 2.40. The van der Waals surface area contributed by atoms with Gasteiger partial charge in [-0.05, 0) is 26.8 Å². The van der Waals surface area contributed by atoms with Crippen molar-refractivity contribution >= 4 is 11.6 Å². The van der Waals surface area contributed by atoms with Crippen molar-refractivity contribution in [3.8, 4) is 6.07 Å². The van der Waals surface area contributed by atoms with Crippen LogP contribution in [0.15, 0.2) is 12.3 Å². The van der Waals surface area contributed by atoms with Gasteiger partial charge in [0, 0.05) is 31.5 Å². The maximum absolute atomic E-state index is 12.4. The van der Waals surface area contributed by atoms with E-state index in [9.17, 15) is 4.79 Å². The molecule has 0 aliphatic carbocycles. The third-order valence-electron chi connectivity index (χ3n) is 2.80. The zero-order valence-corrected chi connectivity index (χ0v) is 11.7. The van der Waals surface area contributed by atoms with Gasteiger partial charge >= 0.3 is 0 Å². The average molecular weight is 260 g/mol. The van der Waals surface area contributed by atoms with Crippen LogP contribution in [0.25, 0.3) is 0 Å². The van der Waals surface area contributed by atoms with Crippen molar-refractivity contribution in [1.82, 2.24) is 9.88 Å². The molecule has 1 aromatic rings. The molecule has 0 unspecified atom stereocenters. The predicted molar refractivity (Wildman–Crippen MR) is 74.9 cm³/mol. The van der Waals surface area contributed by atoms with Crippen LogP contribution in [0.5, 0.6) is 0 Å². The van der Waals surface area contributed by atoms with Crippen molar-refractivity contribution < 1.29 is 4.79 Å². The van der Waals surface area contributed by atoms with Crippen molar-refractivity contribution in [3.05, 3.63) is 23.5 Å². The number of nitriles is 1. The van der Waals surface area contributed by atoms with E-state index in [1.807, 2.05) is 26.8 Å². The number of pyridine rings is 1. The van der Waals surface area contributed by atoms with E-state index in [4.69, 9.17) is 5.26 Å². The second-order valence-corrected chi connectivity index (χ2v) is 4.19. The number of carbonyl (C=O) groups is 1. The molecule has 5 heteroatoms. The Kier molecular flexibility index (Phi) is 5.80. The van der Waals surface area contributed by atoms with Gasteiger partial charge in [-0.1, -0.05) is 0 Å². The van der Waals surface area contributed by atoms with Crippen LogP contribution in [0, 0.1) is 18.3 Å². The summed E-state index contributed by atoms with van der Waals surface area (Å²) in [5.74, 6) is -0.0822. The van der Waals surface area contributed by atoms with E-state index in [0.717, 1.165) is 17.9 Å². The molecule has 0 aromatic carbocycles. The van der Waals surface area contributed by atoms with Crippen molar-refractivity contribution in [3.63, 3.8) is 0 Å². The van der Waals surface area contributed by atoms with E-state index in [-0.39, 0.29) is 5.91 Å². The molecule has 1 rings (SSSR count). The lowest BCUT2D eigenvalue weighted by Gasteiger charge is -2.21. The summed E-state index contributed by atoms with van der Waals surface area (Å²) in [5.41, 5.74) is 2.23. The molecule has 1 amide bonds. The van der Waals surface area contributed by atoms with E-state index in [2.05, 4.69) is 16.4 Å². The highest BCUT2D eigenvalue weighted by Crippen LogP contribution is 2.17. The highest BCUT2D eigenvalue weighted by Gasteiger charge is 2.17. The topological polar surface area (TPSA) is 69.0 Å². The minimum atomic E-state index is -0.0822. The Labute approximate surface area is 114 Å². The molecule has 0 bridgehead atoms. The predicted octanol–water partition coefficient (Wildman–Crippen LogP) is 2.20. The van der Waals surface area contributed by atoms with Crippen LogP contribution >= 0.6 is 0 Å². The molecule has 102 valence electrons. The van der Waals surface area contributed by atoms with Crippen molar-refractivity contribution in [1.29, 1.82) is 5.26 Å². The SMILES string of the molecule is CCNc1cc(C)ncc1C(=O)N(CC)CCC#N. The van der Waals surface area contributed by atoms with Gasteiger partial charge in [0.1, 0.15) is 0 Å². The third kappa shape index (κ3) is 3.95. The molecule has 0 aliphatic heterocycles. The number of carbonyl (C=O) groups excluding carboxylic acids is 1. The van der Waals surface area contributed by atoms with Crippen LogP contribution in [0.1, 0.15) is 36.3 Å². The Morgan fingerprint density at radius 1 is 1.53 bits per heavy atom. The first-order valence-corrected chi connectivity index (χ1v) is 6.50. The van der Waals surface area contributed by atoms with Gasteiger partial charge in [0.25, 0.3) is 5.91 Å². The fourth-order valence-corrected chi connectivity index (χ4v) is 1.83. The van der Waals surface area contributed by atoms with Crippen LogP contribution in [0.2, 0.25) is 0 Å². The molecular formula is C14H20N4O. The minimum absolute atomic E-state index is 0.0822. The van der Waals surface area contributed by atoms with Crippen LogP contribution in [0.3, 0.4) is 0 Å². The number of hydrogen-bond acceptors (Lipinski definition) is 4. The van der Waals surface area contributed by atoms with E-state index >= 15 is 0 Å². The van der Waals surface area contributed by atoms with Crippen LogP contribution in [0.4, 0.5) is 5.69 Å². The molecule has 0 saturated heterocycles. The molecule has 1 heterocycles. The Morgan fingerprint density at radius 3 is 2.84 bits per heavy atom. The standard InChI is InChI=1S/C14H20N4O/c1-4-16-13-9-11(3)17-10-12(13)14(19)18(5-2)8-6-7-15/h9-10H,4-6,8H2,1-3H3,(H,16,17). The van der Waals surface area contributed by atoms with Crippen LogP contribution in [-0.4, -0.2) is 35.4 Å². The summed E-state index contributed by atoms with van der Waals surface area (Å²) in [6.07, 6.45) is 1.94. The number of anilines is 1. The molecule has 1 N–H and O–H groups in total. The normalized spacial score (nSPS) is 9.79. The summed E-state index contributed by atoms with van der Waals surface area (Å²) in [5, 5.41) is 11.8. The zero-order valence-electron chi connectivity index (χ0n) is 11.7. The smallest absolute Gasteiger partial charge is 0.257 e. The van der Waals surface area contributed by atoms with Gasteiger partial charge in [0.2, 0.25) is 0 Å². The van der Waals surface area contributed by atoms with Gasteiger partial charge in [-0.15, -0.1) is 0 Å². The number of rotatable bonds is 6. The number of nitrogens with zero attached hydrogens (tertiary/aromatic N) is 3. The quantitative estimate of drug-likeness (QED) is 0.851. The Bertz CT molecular complexity index is 479. The Balaban J connectivity index is 3.00. The zero-order chi connectivity index (χ0) is 14.3. The summed E-state index contributed by atoms with van der Waals surface area (Å²) in [4.78, 5) is 18.3. The summed E-state index contributed by atoms with van der Waals surface area (Å²) in [6.45, 7) is 7.56. The molecule has 19 heavy (non-hydrogen) atoms. The van der Waals surface area contributed by atoms with Gasteiger partial charge in [0.15, 0.2) is 0 Å². The summed E-state index contributed by atoms with van der Waals surface area (Å²) in [7, 11) is 0. The number of amides is 1. The minimum Gasteiger partial charge on any atom is -0.385 e. The van der Waals surface area contributed by atoms with Crippen LogP contribution < -0.4 is 5.32 Å². The summed E-state index contributed by atoms with van der Waals surface area (Å²) < 4.78 is 0. The molecule has 0 fully saturated rings. The van der Waals surface area contributed by atoms with E-state index in [1.165, 1.54) is 0 Å². The number of nitrogens with one attached hydrogen (secondary N) is 1. The highest BCUT2D eigenvalue weighted by atomic mass is 16.2. The first kappa shape index (κ1) is 15.0. The van der Waals surface area contributed by atoms with Crippen LogP contribution in [-0.2, 0) is 0 Å². The number of hydrogen-bond donors (Lipinski definition) is 1. The Morgan fingerprint density at radius 2 is 2.26 bits per heavy atom. The molecule has 0 atom stereocenters. The molecule has 0 aliphatic rings. The fraction of sp³-hybridized carbons (Fsp3) is 0.500. The van der Waals surface area contributed by atoms with E-state index < -0.39 is 0 Å². The number of aryl methyl sites for hydroxylation is 1. The highest BCUT2D eigenvalue weighted by molar-refractivity contribution is 5.99. The van der Waals surface area contributed by atoms with Gasteiger partial charge in [-0.2, -0.15) is 5.26 Å². The molecule has 0 spiro atoms. The molecule has 0 radical (unpaired) electrons. The van der Waals surface area contributed by atoms with Crippen molar-refractivity contribution in [2.75, 3.05) is 25.0 Å². The van der Waals surface area contributed by atoms with E-state index in [0.29, 0.717) is 25.1 Å². The monoisotopic (exact) mass is 260 g/mol. The molecule has 5 nitrogen and oxygen atoms in total. The lowest BCUT2D eigenvalue weighted by atomic mass is 10.1. The second kappa shape index (κ2) is 7.37. The lowest BCUT2D eigenvalue weighted by molar-refractivity contribution is 0.0768. The maximum atomic E-state index is 12.4. The van der Waals surface area contributed by atoms with Gasteiger partial charge in [0.05, 0.1) is 23.7 Å². The second-order valence-electron chi connectivity index (χ2n) is 4.19. The van der Waals surface area contributed by atoms with Gasteiger partial charge < -0.3 is 10.2 Å². The largest absolute Gasteiger partial charge is 0.385 e. The number of aromatic nitrogens is 1. The fourth-order valence-electron chi connectivity index (χ4n) is 1.83.